The molecule has 4 rings (SSSR count). The highest BCUT2D eigenvalue weighted by Crippen LogP contribution is 2.31. The van der Waals surface area contributed by atoms with Gasteiger partial charge in [0.2, 0.25) is 0 Å². The lowest BCUT2D eigenvalue weighted by molar-refractivity contribution is 0.0914. The van der Waals surface area contributed by atoms with Crippen molar-refractivity contribution in [2.45, 2.75) is 30.2 Å². The van der Waals surface area contributed by atoms with Gasteiger partial charge in [0, 0.05) is 19.2 Å². The molecule has 1 aromatic heterocycles. The van der Waals surface area contributed by atoms with Gasteiger partial charge in [-0.15, -0.1) is 0 Å². The lowest BCUT2D eigenvalue weighted by atomic mass is 10.1. The highest BCUT2D eigenvalue weighted by atomic mass is 32.2. The normalized spacial score (nSPS) is 15.4. The number of hydrogen-bond acceptors (Lipinski definition) is 6. The van der Waals surface area contributed by atoms with Crippen LogP contribution in [-0.2, 0) is 10.0 Å². The molecule has 1 fully saturated rings. The first-order chi connectivity index (χ1) is 16.9. The molecular formula is C26H31N3O5S. The van der Waals surface area contributed by atoms with Crippen molar-refractivity contribution < 1.29 is 22.4 Å². The van der Waals surface area contributed by atoms with Gasteiger partial charge in [0.15, 0.2) is 0 Å². The number of carbonyl (C=O) groups is 1. The Morgan fingerprint density at radius 3 is 2.43 bits per heavy atom. The molecule has 186 valence electrons. The quantitative estimate of drug-likeness (QED) is 0.479. The van der Waals surface area contributed by atoms with Gasteiger partial charge in [-0.05, 0) is 74.5 Å². The van der Waals surface area contributed by atoms with E-state index >= 15 is 0 Å². The zero-order chi connectivity index (χ0) is 24.8. The van der Waals surface area contributed by atoms with Crippen molar-refractivity contribution in [3.05, 3.63) is 78.3 Å². The molecule has 3 aromatic rings. The van der Waals surface area contributed by atoms with Crippen LogP contribution in [-0.4, -0.2) is 53.0 Å². The lowest BCUT2D eigenvalue weighted by Gasteiger charge is -2.33. The van der Waals surface area contributed by atoms with E-state index in [4.69, 9.17) is 9.15 Å². The van der Waals surface area contributed by atoms with Crippen LogP contribution in [0, 0.1) is 0 Å². The molecule has 0 saturated carbocycles. The van der Waals surface area contributed by atoms with E-state index in [1.165, 1.54) is 49.1 Å². The predicted molar refractivity (Wildman–Crippen MR) is 134 cm³/mol. The third-order valence-electron chi connectivity index (χ3n) is 6.36. The number of benzene rings is 2. The van der Waals surface area contributed by atoms with Crippen molar-refractivity contribution in [2.24, 2.45) is 0 Å². The Balaban J connectivity index is 1.45. The average molecular weight is 498 g/mol. The second-order valence-corrected chi connectivity index (χ2v) is 10.5. The molecule has 0 spiro atoms. The average Bonchev–Trinajstić information content (AvgIpc) is 3.43. The van der Waals surface area contributed by atoms with Gasteiger partial charge in [0.05, 0.1) is 30.0 Å². The molecule has 1 atom stereocenters. The van der Waals surface area contributed by atoms with E-state index in [0.717, 1.165) is 31.7 Å². The minimum Gasteiger partial charge on any atom is -0.495 e. The van der Waals surface area contributed by atoms with Gasteiger partial charge in [0.1, 0.15) is 11.5 Å². The fourth-order valence-corrected chi connectivity index (χ4v) is 5.57. The first-order valence-corrected chi connectivity index (χ1v) is 13.1. The maximum absolute atomic E-state index is 13.2. The van der Waals surface area contributed by atoms with Crippen molar-refractivity contribution in [1.29, 1.82) is 0 Å². The van der Waals surface area contributed by atoms with Crippen molar-refractivity contribution in [2.75, 3.05) is 38.1 Å². The number of nitrogens with zero attached hydrogens (tertiary/aromatic N) is 2. The maximum atomic E-state index is 13.2. The first-order valence-electron chi connectivity index (χ1n) is 11.7. The number of piperidine rings is 1. The van der Waals surface area contributed by atoms with Gasteiger partial charge in [-0.1, -0.05) is 18.6 Å². The summed E-state index contributed by atoms with van der Waals surface area (Å²) in [5.74, 6) is 1.02. The molecule has 9 heteroatoms. The molecular weight excluding hydrogens is 466 g/mol. The minimum absolute atomic E-state index is 0.0385. The van der Waals surface area contributed by atoms with Crippen LogP contribution in [0.25, 0.3) is 0 Å². The van der Waals surface area contributed by atoms with Crippen LogP contribution in [0.4, 0.5) is 5.69 Å². The van der Waals surface area contributed by atoms with Gasteiger partial charge in [-0.25, -0.2) is 8.42 Å². The lowest BCUT2D eigenvalue weighted by Crippen LogP contribution is -2.40. The Bertz CT molecular complexity index is 1220. The number of hydrogen-bond donors (Lipinski definition) is 1. The number of ether oxygens (including phenoxy) is 1. The fourth-order valence-electron chi connectivity index (χ4n) is 4.37. The molecule has 1 aliphatic heterocycles. The highest BCUT2D eigenvalue weighted by molar-refractivity contribution is 7.92. The Morgan fingerprint density at radius 2 is 1.77 bits per heavy atom. The summed E-state index contributed by atoms with van der Waals surface area (Å²) in [4.78, 5) is 15.3. The van der Waals surface area contributed by atoms with Gasteiger partial charge >= 0.3 is 0 Å². The van der Waals surface area contributed by atoms with E-state index in [9.17, 15) is 13.2 Å². The first kappa shape index (κ1) is 24.8. The van der Waals surface area contributed by atoms with Crippen molar-refractivity contribution in [3.63, 3.8) is 0 Å². The largest absolute Gasteiger partial charge is 0.495 e. The molecule has 0 radical (unpaired) electrons. The van der Waals surface area contributed by atoms with E-state index < -0.39 is 10.0 Å². The molecule has 1 amide bonds. The maximum Gasteiger partial charge on any atom is 0.264 e. The summed E-state index contributed by atoms with van der Waals surface area (Å²) >= 11 is 0. The zero-order valence-corrected chi connectivity index (χ0v) is 20.8. The topological polar surface area (TPSA) is 92.1 Å². The van der Waals surface area contributed by atoms with E-state index in [1.54, 1.807) is 30.5 Å². The molecule has 1 saturated heterocycles. The van der Waals surface area contributed by atoms with Crippen molar-refractivity contribution >= 4 is 21.6 Å². The number of para-hydroxylation sites is 2. The van der Waals surface area contributed by atoms with Crippen LogP contribution >= 0.6 is 0 Å². The standard InChI is InChI=1S/C26H31N3O5S/c1-28(22-9-4-5-10-24(22)33-2)35(31,32)21-14-12-20(13-15-21)26(30)27-19-23(25-11-8-18-34-25)29-16-6-3-7-17-29/h4-5,8-15,18,23H,3,6-7,16-17,19H2,1-2H3,(H,27,30)/t23-/m1/s1. The van der Waals surface area contributed by atoms with Crippen molar-refractivity contribution in [3.8, 4) is 5.75 Å². The van der Waals surface area contributed by atoms with E-state index in [-0.39, 0.29) is 16.8 Å². The third-order valence-corrected chi connectivity index (χ3v) is 8.14. The summed E-state index contributed by atoms with van der Waals surface area (Å²) < 4.78 is 38.4. The molecule has 0 bridgehead atoms. The van der Waals surface area contributed by atoms with Crippen molar-refractivity contribution in [1.82, 2.24) is 10.2 Å². The molecule has 0 unspecified atom stereocenters. The second-order valence-electron chi connectivity index (χ2n) is 8.51. The number of anilines is 1. The number of rotatable bonds is 9. The fraction of sp³-hybridized carbons (Fsp3) is 0.346. The summed E-state index contributed by atoms with van der Waals surface area (Å²) in [5.41, 5.74) is 0.819. The molecule has 0 aliphatic carbocycles. The summed E-state index contributed by atoms with van der Waals surface area (Å²) in [6.07, 6.45) is 5.12. The Labute approximate surface area is 206 Å². The smallest absolute Gasteiger partial charge is 0.264 e. The number of sulfonamides is 1. The molecule has 2 aromatic carbocycles. The SMILES string of the molecule is COc1ccccc1N(C)S(=O)(=O)c1ccc(C(=O)NC[C@H](c2ccco2)N2CCCCC2)cc1. The van der Waals surface area contributed by atoms with Crippen LogP contribution in [0.3, 0.4) is 0 Å². The number of carbonyl (C=O) groups excluding carboxylic acids is 1. The van der Waals surface area contributed by atoms with Gasteiger partial charge in [-0.2, -0.15) is 0 Å². The van der Waals surface area contributed by atoms with E-state index in [2.05, 4.69) is 10.2 Å². The Hall–Kier alpha value is -3.30. The highest BCUT2D eigenvalue weighted by Gasteiger charge is 2.26. The van der Waals surface area contributed by atoms with Crippen LogP contribution in [0.1, 0.15) is 41.4 Å². The van der Waals surface area contributed by atoms with Crippen LogP contribution in [0.2, 0.25) is 0 Å². The number of nitrogens with one attached hydrogen (secondary N) is 1. The summed E-state index contributed by atoms with van der Waals surface area (Å²) in [6.45, 7) is 2.34. The molecule has 8 nitrogen and oxygen atoms in total. The van der Waals surface area contributed by atoms with Crippen LogP contribution < -0.4 is 14.4 Å². The van der Waals surface area contributed by atoms with Gasteiger partial charge < -0.3 is 14.5 Å². The van der Waals surface area contributed by atoms with Gasteiger partial charge in [0.25, 0.3) is 15.9 Å². The third kappa shape index (κ3) is 5.52. The molecule has 35 heavy (non-hydrogen) atoms. The number of likely N-dealkylation sites (tertiary alicyclic amines) is 1. The predicted octanol–water partition coefficient (Wildman–Crippen LogP) is 4.07. The summed E-state index contributed by atoms with van der Waals surface area (Å²) in [5, 5.41) is 2.99. The number of methoxy groups -OCH3 is 1. The Kier molecular flexibility index (Phi) is 7.77. The summed E-state index contributed by atoms with van der Waals surface area (Å²) in [6, 6.07) is 16.6. The number of amides is 1. The summed E-state index contributed by atoms with van der Waals surface area (Å²) in [7, 11) is -0.865. The minimum atomic E-state index is -3.83. The van der Waals surface area contributed by atoms with E-state index in [0.29, 0.717) is 23.5 Å². The molecule has 1 N–H and O–H groups in total. The Morgan fingerprint density at radius 1 is 1.06 bits per heavy atom. The monoisotopic (exact) mass is 497 g/mol. The van der Waals surface area contributed by atoms with Crippen LogP contribution in [0.15, 0.2) is 76.2 Å². The van der Waals surface area contributed by atoms with E-state index in [1.807, 2.05) is 12.1 Å². The zero-order valence-electron chi connectivity index (χ0n) is 20.0. The van der Waals surface area contributed by atoms with Gasteiger partial charge in [-0.3, -0.25) is 14.0 Å². The van der Waals surface area contributed by atoms with Crippen LogP contribution in [0.5, 0.6) is 5.75 Å². The molecule has 2 heterocycles. The molecule has 1 aliphatic rings. The number of furan rings is 1. The second kappa shape index (κ2) is 11.0.